The summed E-state index contributed by atoms with van der Waals surface area (Å²) >= 11 is 0. The van der Waals surface area contributed by atoms with Gasteiger partial charge < -0.3 is 20.7 Å². The molecule has 6 nitrogen and oxygen atoms in total. The molecule has 0 saturated carbocycles. The van der Waals surface area contributed by atoms with Crippen molar-refractivity contribution in [1.29, 1.82) is 0 Å². The van der Waals surface area contributed by atoms with Crippen molar-refractivity contribution in [2.24, 2.45) is 0 Å². The van der Waals surface area contributed by atoms with Gasteiger partial charge in [0.2, 0.25) is 5.91 Å². The normalized spacial score (nSPS) is 11.1. The van der Waals surface area contributed by atoms with Crippen LogP contribution in [0.5, 0.6) is 0 Å². The Bertz CT molecular complexity index is 336. The number of amides is 2. The minimum Gasteiger partial charge on any atom is -0.444 e. The van der Waals surface area contributed by atoms with E-state index in [4.69, 9.17) is 4.74 Å². The Balaban J connectivity index is 3.33. The third-order valence-corrected chi connectivity index (χ3v) is 4.81. The third kappa shape index (κ3) is 17.6. The predicted octanol–water partition coefficient (Wildman–Crippen LogP) is 2.40. The Kier molecular flexibility index (Phi) is 13.4. The molecule has 0 saturated heterocycles. The van der Waals surface area contributed by atoms with Gasteiger partial charge >= 0.3 is 6.09 Å². The molecule has 0 fully saturated rings. The second kappa shape index (κ2) is 13.8. The minimum atomic E-state index is -0.462. The van der Waals surface area contributed by atoms with Gasteiger partial charge in [-0.2, -0.15) is 0 Å². The van der Waals surface area contributed by atoms with Crippen molar-refractivity contribution in [3.05, 3.63) is 0 Å². The molecule has 8 heteroatoms. The zero-order valence-electron chi connectivity index (χ0n) is 14.7. The summed E-state index contributed by atoms with van der Waals surface area (Å²) in [6, 6.07) is 0. The quantitative estimate of drug-likeness (QED) is 0.364. The van der Waals surface area contributed by atoms with Crippen LogP contribution in [0.15, 0.2) is 0 Å². The predicted molar refractivity (Wildman–Crippen MR) is 99.9 cm³/mol. The van der Waals surface area contributed by atoms with Crippen LogP contribution in [-0.2, 0) is 9.53 Å². The summed E-state index contributed by atoms with van der Waals surface area (Å²) in [5.74, 6) is 1.75. The molecule has 0 aromatic rings. The lowest BCUT2D eigenvalue weighted by atomic mass is 10.2. The lowest BCUT2D eigenvalue weighted by Crippen LogP contribution is -2.33. The molecule has 0 spiro atoms. The van der Waals surface area contributed by atoms with Gasteiger partial charge in [-0.1, -0.05) is 28.5 Å². The van der Waals surface area contributed by atoms with Crippen molar-refractivity contribution in [2.45, 2.75) is 46.1 Å². The highest BCUT2D eigenvalue weighted by Crippen LogP contribution is 2.19. The first-order valence-corrected chi connectivity index (χ1v) is 10.5. The second-order valence-corrected chi connectivity index (χ2v) is 8.62. The van der Waals surface area contributed by atoms with E-state index in [1.54, 1.807) is 21.6 Å². The van der Waals surface area contributed by atoms with Crippen LogP contribution in [0.2, 0.25) is 0 Å². The maximum atomic E-state index is 11.5. The molecule has 0 unspecified atom stereocenters. The summed E-state index contributed by atoms with van der Waals surface area (Å²) in [5.41, 5.74) is -0.462. The molecule has 0 radical (unpaired) electrons. The SMILES string of the molecule is CCCNCCC(=O)NCCSSCCNC(=O)OC(C)(C)C. The largest absolute Gasteiger partial charge is 0.444 e. The molecule has 3 N–H and O–H groups in total. The highest BCUT2D eigenvalue weighted by molar-refractivity contribution is 8.76. The number of hydrogen-bond acceptors (Lipinski definition) is 6. The average molecular weight is 366 g/mol. The first-order valence-electron chi connectivity index (χ1n) is 8.04. The van der Waals surface area contributed by atoms with Gasteiger partial charge in [0.1, 0.15) is 5.60 Å². The van der Waals surface area contributed by atoms with Crippen molar-refractivity contribution in [3.8, 4) is 0 Å². The smallest absolute Gasteiger partial charge is 0.407 e. The van der Waals surface area contributed by atoms with Crippen molar-refractivity contribution in [2.75, 3.05) is 37.7 Å². The Labute approximate surface area is 148 Å². The standard InChI is InChI=1S/C15H31N3O3S2/c1-5-7-16-8-6-13(19)17-9-11-22-23-12-10-18-14(20)21-15(2,3)4/h16H,5-12H2,1-4H3,(H,17,19)(H,18,20). The van der Waals surface area contributed by atoms with Gasteiger partial charge in [0.15, 0.2) is 0 Å². The molecule has 0 aliphatic carbocycles. The van der Waals surface area contributed by atoms with E-state index in [9.17, 15) is 9.59 Å². The third-order valence-electron chi connectivity index (χ3n) is 2.40. The van der Waals surface area contributed by atoms with E-state index in [-0.39, 0.29) is 12.0 Å². The molecule has 23 heavy (non-hydrogen) atoms. The molecule has 0 rings (SSSR count). The maximum Gasteiger partial charge on any atom is 0.407 e. The van der Waals surface area contributed by atoms with Gasteiger partial charge in [0.25, 0.3) is 0 Å². The fourth-order valence-electron chi connectivity index (χ4n) is 1.45. The Hall–Kier alpha value is -0.600. The van der Waals surface area contributed by atoms with E-state index >= 15 is 0 Å². The van der Waals surface area contributed by atoms with Gasteiger partial charge in [0.05, 0.1) is 0 Å². The fourth-order valence-corrected chi connectivity index (χ4v) is 3.26. The fraction of sp³-hybridized carbons (Fsp3) is 0.867. The number of carbonyl (C=O) groups is 2. The average Bonchev–Trinajstić information content (AvgIpc) is 2.44. The zero-order valence-corrected chi connectivity index (χ0v) is 16.3. The highest BCUT2D eigenvalue weighted by Gasteiger charge is 2.15. The van der Waals surface area contributed by atoms with Crippen molar-refractivity contribution >= 4 is 33.6 Å². The van der Waals surface area contributed by atoms with Crippen LogP contribution in [0.1, 0.15) is 40.5 Å². The van der Waals surface area contributed by atoms with Crippen molar-refractivity contribution in [1.82, 2.24) is 16.0 Å². The van der Waals surface area contributed by atoms with Crippen LogP contribution in [0, 0.1) is 0 Å². The van der Waals surface area contributed by atoms with Gasteiger partial charge in [0, 0.05) is 37.6 Å². The number of alkyl carbamates (subject to hydrolysis) is 1. The lowest BCUT2D eigenvalue weighted by molar-refractivity contribution is -0.120. The second-order valence-electron chi connectivity index (χ2n) is 5.92. The van der Waals surface area contributed by atoms with Crippen LogP contribution in [0.4, 0.5) is 4.79 Å². The molecule has 0 aromatic heterocycles. The Morgan fingerprint density at radius 2 is 1.57 bits per heavy atom. The summed E-state index contributed by atoms with van der Waals surface area (Å²) in [4.78, 5) is 22.9. The Morgan fingerprint density at radius 1 is 0.957 bits per heavy atom. The molecule has 0 aliphatic heterocycles. The Morgan fingerprint density at radius 3 is 2.13 bits per heavy atom. The molecule has 0 bridgehead atoms. The molecule has 0 heterocycles. The summed E-state index contributed by atoms with van der Waals surface area (Å²) < 4.78 is 5.14. The van der Waals surface area contributed by atoms with Crippen molar-refractivity contribution < 1.29 is 14.3 Å². The highest BCUT2D eigenvalue weighted by atomic mass is 33.1. The van der Waals surface area contributed by atoms with Gasteiger partial charge in [-0.25, -0.2) is 4.79 Å². The van der Waals surface area contributed by atoms with E-state index < -0.39 is 5.60 Å². The van der Waals surface area contributed by atoms with Gasteiger partial charge in [-0.3, -0.25) is 4.79 Å². The number of rotatable bonds is 12. The van der Waals surface area contributed by atoms with Crippen LogP contribution < -0.4 is 16.0 Å². The van der Waals surface area contributed by atoms with E-state index in [1.165, 1.54) is 0 Å². The molecule has 0 aliphatic rings. The number of nitrogens with one attached hydrogen (secondary N) is 3. The van der Waals surface area contributed by atoms with Crippen molar-refractivity contribution in [3.63, 3.8) is 0 Å². The molecule has 2 amide bonds. The summed E-state index contributed by atoms with van der Waals surface area (Å²) in [5, 5.41) is 8.80. The minimum absolute atomic E-state index is 0.0887. The molecule has 0 atom stereocenters. The van der Waals surface area contributed by atoms with E-state index in [1.807, 2.05) is 20.8 Å². The van der Waals surface area contributed by atoms with Crippen LogP contribution in [-0.4, -0.2) is 55.3 Å². The van der Waals surface area contributed by atoms with Gasteiger partial charge in [-0.15, -0.1) is 0 Å². The number of ether oxygens (including phenoxy) is 1. The molecule has 0 aromatic carbocycles. The lowest BCUT2D eigenvalue weighted by Gasteiger charge is -2.19. The van der Waals surface area contributed by atoms with Crippen LogP contribution in [0.3, 0.4) is 0 Å². The van der Waals surface area contributed by atoms with Crippen LogP contribution in [0.25, 0.3) is 0 Å². The molecular weight excluding hydrogens is 334 g/mol. The topological polar surface area (TPSA) is 79.5 Å². The summed E-state index contributed by atoms with van der Waals surface area (Å²) in [6.45, 7) is 10.5. The summed E-state index contributed by atoms with van der Waals surface area (Å²) in [7, 11) is 3.36. The molecule has 136 valence electrons. The number of hydrogen-bond donors (Lipinski definition) is 3. The molecular formula is C15H31N3O3S2. The first kappa shape index (κ1) is 22.4. The summed E-state index contributed by atoms with van der Waals surface area (Å²) in [6.07, 6.45) is 1.22. The van der Waals surface area contributed by atoms with E-state index in [0.29, 0.717) is 19.5 Å². The van der Waals surface area contributed by atoms with Gasteiger partial charge in [-0.05, 0) is 33.7 Å². The first-order chi connectivity index (χ1) is 10.8. The van der Waals surface area contributed by atoms with E-state index in [2.05, 4.69) is 22.9 Å². The van der Waals surface area contributed by atoms with E-state index in [0.717, 1.165) is 31.0 Å². The van der Waals surface area contributed by atoms with Crippen LogP contribution >= 0.6 is 21.6 Å². The number of carbonyl (C=O) groups excluding carboxylic acids is 2. The maximum absolute atomic E-state index is 11.5. The zero-order chi connectivity index (χ0) is 17.6. The monoisotopic (exact) mass is 365 g/mol.